The molecular weight excluding hydrogens is 190 g/mol. The van der Waals surface area contributed by atoms with Gasteiger partial charge in [0, 0.05) is 12.7 Å². The molecule has 0 aromatic carbocycles. The van der Waals surface area contributed by atoms with E-state index in [0.717, 1.165) is 29.0 Å². The molecule has 0 bridgehead atoms. The summed E-state index contributed by atoms with van der Waals surface area (Å²) in [5.74, 6) is 0.894. The van der Waals surface area contributed by atoms with Crippen LogP contribution in [0.4, 0.5) is 0 Å². The Bertz CT molecular complexity index is 456. The average Bonchev–Trinajstić information content (AvgIpc) is 2.77. The molecule has 80 valence electrons. The van der Waals surface area contributed by atoms with Gasteiger partial charge in [0.2, 0.25) is 0 Å². The van der Waals surface area contributed by atoms with Crippen molar-refractivity contribution in [1.29, 1.82) is 0 Å². The van der Waals surface area contributed by atoms with Gasteiger partial charge in [-0.2, -0.15) is 5.10 Å². The van der Waals surface area contributed by atoms with E-state index in [9.17, 15) is 0 Å². The highest BCUT2D eigenvalue weighted by Gasteiger charge is 2.13. The minimum atomic E-state index is 0.631. The molecule has 0 saturated carbocycles. The number of aryl methyl sites for hydroxylation is 1. The van der Waals surface area contributed by atoms with Gasteiger partial charge in [0.15, 0.2) is 0 Å². The summed E-state index contributed by atoms with van der Waals surface area (Å²) < 4.78 is 7.33. The molecule has 2 N–H and O–H groups in total. The monoisotopic (exact) mass is 205 g/mol. The Hall–Kier alpha value is -1.55. The van der Waals surface area contributed by atoms with Crippen LogP contribution in [0.5, 0.6) is 0 Å². The quantitative estimate of drug-likeness (QED) is 0.825. The lowest BCUT2D eigenvalue weighted by atomic mass is 10.1. The third-order valence-electron chi connectivity index (χ3n) is 2.64. The standard InChI is InChI=1S/C11H15N3O/c1-8-10(7-13-14(8)2)11-9(3-5-12)4-6-15-11/h4,6-7H,3,5,12H2,1-2H3. The second-order valence-corrected chi connectivity index (χ2v) is 3.58. The van der Waals surface area contributed by atoms with Crippen LogP contribution in [-0.4, -0.2) is 16.3 Å². The molecule has 0 amide bonds. The first kappa shape index (κ1) is 9.98. The van der Waals surface area contributed by atoms with Gasteiger partial charge in [0.1, 0.15) is 5.76 Å². The van der Waals surface area contributed by atoms with Crippen LogP contribution in [0.15, 0.2) is 22.9 Å². The molecule has 0 spiro atoms. The van der Waals surface area contributed by atoms with E-state index < -0.39 is 0 Å². The van der Waals surface area contributed by atoms with E-state index in [1.165, 1.54) is 0 Å². The summed E-state index contributed by atoms with van der Waals surface area (Å²) in [4.78, 5) is 0. The smallest absolute Gasteiger partial charge is 0.140 e. The summed E-state index contributed by atoms with van der Waals surface area (Å²) in [6.07, 6.45) is 4.36. The highest BCUT2D eigenvalue weighted by atomic mass is 16.3. The number of furan rings is 1. The number of aromatic nitrogens is 2. The second-order valence-electron chi connectivity index (χ2n) is 3.58. The molecular formula is C11H15N3O. The molecule has 0 radical (unpaired) electrons. The highest BCUT2D eigenvalue weighted by molar-refractivity contribution is 5.63. The van der Waals surface area contributed by atoms with E-state index in [-0.39, 0.29) is 0 Å². The Kier molecular flexibility index (Phi) is 2.60. The molecule has 2 aromatic rings. The maximum Gasteiger partial charge on any atom is 0.140 e. The zero-order valence-electron chi connectivity index (χ0n) is 9.03. The van der Waals surface area contributed by atoms with Gasteiger partial charge in [-0.05, 0) is 31.5 Å². The molecule has 2 rings (SSSR count). The molecule has 2 heterocycles. The van der Waals surface area contributed by atoms with E-state index in [2.05, 4.69) is 5.10 Å². The molecule has 0 fully saturated rings. The van der Waals surface area contributed by atoms with Gasteiger partial charge >= 0.3 is 0 Å². The molecule has 0 aliphatic rings. The van der Waals surface area contributed by atoms with Crippen LogP contribution in [0.25, 0.3) is 11.3 Å². The summed E-state index contributed by atoms with van der Waals surface area (Å²) in [5.41, 5.74) is 8.84. The maximum atomic E-state index is 5.55. The lowest BCUT2D eigenvalue weighted by Crippen LogP contribution is -2.02. The van der Waals surface area contributed by atoms with Crippen LogP contribution < -0.4 is 5.73 Å². The second kappa shape index (κ2) is 3.90. The molecule has 0 aliphatic carbocycles. The van der Waals surface area contributed by atoms with Crippen molar-refractivity contribution < 1.29 is 4.42 Å². The molecule has 0 unspecified atom stereocenters. The Morgan fingerprint density at radius 2 is 2.33 bits per heavy atom. The van der Waals surface area contributed by atoms with Gasteiger partial charge < -0.3 is 10.2 Å². The van der Waals surface area contributed by atoms with Gasteiger partial charge in [-0.15, -0.1) is 0 Å². The Morgan fingerprint density at radius 3 is 2.93 bits per heavy atom. The molecule has 0 atom stereocenters. The Balaban J connectivity index is 2.44. The third kappa shape index (κ3) is 1.68. The lowest BCUT2D eigenvalue weighted by Gasteiger charge is -2.00. The van der Waals surface area contributed by atoms with Crippen LogP contribution in [0.3, 0.4) is 0 Å². The van der Waals surface area contributed by atoms with Crippen LogP contribution in [0.1, 0.15) is 11.3 Å². The first-order valence-electron chi connectivity index (χ1n) is 4.99. The fourth-order valence-electron chi connectivity index (χ4n) is 1.65. The number of nitrogens with zero attached hydrogens (tertiary/aromatic N) is 2. The van der Waals surface area contributed by atoms with Gasteiger partial charge in [-0.1, -0.05) is 0 Å². The van der Waals surface area contributed by atoms with E-state index >= 15 is 0 Å². The first-order chi connectivity index (χ1) is 7.24. The zero-order valence-corrected chi connectivity index (χ0v) is 9.03. The van der Waals surface area contributed by atoms with Crippen LogP contribution in [-0.2, 0) is 13.5 Å². The summed E-state index contributed by atoms with van der Waals surface area (Å²) in [5, 5.41) is 4.20. The van der Waals surface area contributed by atoms with Crippen LogP contribution in [0.2, 0.25) is 0 Å². The third-order valence-corrected chi connectivity index (χ3v) is 2.64. The van der Waals surface area contributed by atoms with Crippen molar-refractivity contribution in [2.24, 2.45) is 12.8 Å². The minimum absolute atomic E-state index is 0.631. The van der Waals surface area contributed by atoms with Crippen molar-refractivity contribution in [3.05, 3.63) is 29.8 Å². The van der Waals surface area contributed by atoms with Crippen molar-refractivity contribution in [2.75, 3.05) is 6.54 Å². The zero-order chi connectivity index (χ0) is 10.8. The molecule has 0 saturated heterocycles. The number of rotatable bonds is 3. The molecule has 4 nitrogen and oxygen atoms in total. The maximum absolute atomic E-state index is 5.55. The predicted molar refractivity (Wildman–Crippen MR) is 58.4 cm³/mol. The molecule has 15 heavy (non-hydrogen) atoms. The summed E-state index contributed by atoms with van der Waals surface area (Å²) in [6, 6.07) is 1.97. The normalized spacial score (nSPS) is 10.9. The summed E-state index contributed by atoms with van der Waals surface area (Å²) >= 11 is 0. The number of hydrogen-bond acceptors (Lipinski definition) is 3. The SMILES string of the molecule is Cc1c(-c2occc2CCN)cnn1C. The van der Waals surface area contributed by atoms with Gasteiger partial charge in [0.05, 0.1) is 18.0 Å². The van der Waals surface area contributed by atoms with Crippen molar-refractivity contribution in [2.45, 2.75) is 13.3 Å². The van der Waals surface area contributed by atoms with Gasteiger partial charge in [0.25, 0.3) is 0 Å². The Labute approximate surface area is 88.7 Å². The minimum Gasteiger partial charge on any atom is -0.464 e. The summed E-state index contributed by atoms with van der Waals surface area (Å²) in [7, 11) is 1.92. The largest absolute Gasteiger partial charge is 0.464 e. The van der Waals surface area contributed by atoms with Crippen LogP contribution in [0, 0.1) is 6.92 Å². The predicted octanol–water partition coefficient (Wildman–Crippen LogP) is 1.49. The van der Waals surface area contributed by atoms with E-state index in [1.54, 1.807) is 6.26 Å². The average molecular weight is 205 g/mol. The highest BCUT2D eigenvalue weighted by Crippen LogP contribution is 2.27. The first-order valence-corrected chi connectivity index (χ1v) is 4.99. The van der Waals surface area contributed by atoms with Crippen molar-refractivity contribution in [3.63, 3.8) is 0 Å². The van der Waals surface area contributed by atoms with Crippen molar-refractivity contribution in [3.8, 4) is 11.3 Å². The van der Waals surface area contributed by atoms with E-state index in [0.29, 0.717) is 6.54 Å². The number of nitrogens with two attached hydrogens (primary N) is 1. The molecule has 2 aromatic heterocycles. The fraction of sp³-hybridized carbons (Fsp3) is 0.364. The fourth-order valence-corrected chi connectivity index (χ4v) is 1.65. The molecule has 4 heteroatoms. The van der Waals surface area contributed by atoms with Gasteiger partial charge in [-0.25, -0.2) is 0 Å². The molecule has 0 aliphatic heterocycles. The van der Waals surface area contributed by atoms with E-state index in [4.69, 9.17) is 10.2 Å². The topological polar surface area (TPSA) is 57.0 Å². The van der Waals surface area contributed by atoms with Crippen molar-refractivity contribution >= 4 is 0 Å². The summed E-state index contributed by atoms with van der Waals surface area (Å²) in [6.45, 7) is 2.66. The lowest BCUT2D eigenvalue weighted by molar-refractivity contribution is 0.578. The van der Waals surface area contributed by atoms with Gasteiger partial charge in [-0.3, -0.25) is 4.68 Å². The van der Waals surface area contributed by atoms with E-state index in [1.807, 2.05) is 30.9 Å². The van der Waals surface area contributed by atoms with Crippen LogP contribution >= 0.6 is 0 Å². The number of hydrogen-bond donors (Lipinski definition) is 1. The Morgan fingerprint density at radius 1 is 1.53 bits per heavy atom. The van der Waals surface area contributed by atoms with Crippen molar-refractivity contribution in [1.82, 2.24) is 9.78 Å².